The Bertz CT molecular complexity index is 367. The molecule has 0 saturated carbocycles. The van der Waals surface area contributed by atoms with E-state index in [-0.39, 0.29) is 18.1 Å². The first-order chi connectivity index (χ1) is 7.66. The number of nitrogens with two attached hydrogens (primary N) is 1. The number of fused-ring (bicyclic) bond motifs is 1. The molecule has 0 saturated heterocycles. The molecule has 1 heterocycles. The number of ether oxygens (including phenoxy) is 1. The standard InChI is InChI=1S/C12H16N2O2/c1-8(12(13)15)14-7-10-6-9-4-2-3-5-11(9)16-10/h2-5,8,10,14H,6-7H2,1H3,(H2,13,15). The average molecular weight is 220 g/mol. The van der Waals surface area contributed by atoms with Gasteiger partial charge in [-0.15, -0.1) is 0 Å². The van der Waals surface area contributed by atoms with Gasteiger partial charge in [-0.25, -0.2) is 0 Å². The third-order valence-electron chi connectivity index (χ3n) is 2.79. The van der Waals surface area contributed by atoms with Crippen LogP contribution in [0.5, 0.6) is 5.75 Å². The molecule has 0 bridgehead atoms. The molecule has 1 aromatic carbocycles. The fourth-order valence-electron chi connectivity index (χ4n) is 1.78. The van der Waals surface area contributed by atoms with E-state index in [0.29, 0.717) is 6.54 Å². The highest BCUT2D eigenvalue weighted by Crippen LogP contribution is 2.27. The van der Waals surface area contributed by atoms with Gasteiger partial charge >= 0.3 is 0 Å². The number of primary amides is 1. The van der Waals surface area contributed by atoms with Gasteiger partial charge < -0.3 is 15.8 Å². The van der Waals surface area contributed by atoms with Crippen molar-refractivity contribution in [3.05, 3.63) is 29.8 Å². The minimum Gasteiger partial charge on any atom is -0.488 e. The third-order valence-corrected chi connectivity index (χ3v) is 2.79. The van der Waals surface area contributed by atoms with Crippen molar-refractivity contribution in [2.75, 3.05) is 6.54 Å². The minimum atomic E-state index is -0.337. The van der Waals surface area contributed by atoms with Crippen LogP contribution >= 0.6 is 0 Å². The second-order valence-corrected chi connectivity index (χ2v) is 4.08. The molecule has 2 rings (SSSR count). The van der Waals surface area contributed by atoms with Crippen molar-refractivity contribution in [2.45, 2.75) is 25.5 Å². The fourth-order valence-corrected chi connectivity index (χ4v) is 1.78. The summed E-state index contributed by atoms with van der Waals surface area (Å²) in [5.74, 6) is 0.608. The molecule has 0 fully saturated rings. The Morgan fingerprint density at radius 1 is 1.62 bits per heavy atom. The first kappa shape index (κ1) is 11.0. The molecule has 1 amide bonds. The van der Waals surface area contributed by atoms with Gasteiger partial charge in [0.15, 0.2) is 0 Å². The van der Waals surface area contributed by atoms with Gasteiger partial charge in [0, 0.05) is 13.0 Å². The van der Waals surface area contributed by atoms with Gasteiger partial charge in [0.1, 0.15) is 11.9 Å². The maximum absolute atomic E-state index is 10.8. The van der Waals surface area contributed by atoms with Crippen LogP contribution in [0.3, 0.4) is 0 Å². The molecular formula is C12H16N2O2. The Morgan fingerprint density at radius 3 is 3.06 bits per heavy atom. The summed E-state index contributed by atoms with van der Waals surface area (Å²) in [6.07, 6.45) is 0.980. The lowest BCUT2D eigenvalue weighted by Gasteiger charge is -2.14. The largest absolute Gasteiger partial charge is 0.488 e. The maximum Gasteiger partial charge on any atom is 0.234 e. The third kappa shape index (κ3) is 2.33. The number of hydrogen-bond acceptors (Lipinski definition) is 3. The van der Waals surface area contributed by atoms with Crippen molar-refractivity contribution < 1.29 is 9.53 Å². The molecule has 16 heavy (non-hydrogen) atoms. The molecule has 0 aliphatic carbocycles. The van der Waals surface area contributed by atoms with E-state index in [4.69, 9.17) is 10.5 Å². The van der Waals surface area contributed by atoms with Gasteiger partial charge in [-0.2, -0.15) is 0 Å². The molecule has 1 aromatic rings. The molecule has 4 nitrogen and oxygen atoms in total. The van der Waals surface area contributed by atoms with Crippen LogP contribution in [0.2, 0.25) is 0 Å². The summed E-state index contributed by atoms with van der Waals surface area (Å²) in [5.41, 5.74) is 6.39. The highest BCUT2D eigenvalue weighted by Gasteiger charge is 2.22. The van der Waals surface area contributed by atoms with E-state index in [1.807, 2.05) is 18.2 Å². The smallest absolute Gasteiger partial charge is 0.234 e. The van der Waals surface area contributed by atoms with Crippen molar-refractivity contribution in [3.8, 4) is 5.75 Å². The number of carbonyl (C=O) groups is 1. The molecule has 3 N–H and O–H groups in total. The second kappa shape index (κ2) is 4.53. The van der Waals surface area contributed by atoms with E-state index in [1.165, 1.54) is 5.56 Å². The van der Waals surface area contributed by atoms with Crippen LogP contribution in [0.25, 0.3) is 0 Å². The van der Waals surface area contributed by atoms with Crippen LogP contribution in [-0.4, -0.2) is 24.6 Å². The van der Waals surface area contributed by atoms with Crippen molar-refractivity contribution in [2.24, 2.45) is 5.73 Å². The molecule has 86 valence electrons. The SMILES string of the molecule is CC(NCC1Cc2ccccc2O1)C(N)=O. The lowest BCUT2D eigenvalue weighted by atomic mass is 10.1. The maximum atomic E-state index is 10.8. The number of amides is 1. The molecule has 2 unspecified atom stereocenters. The van der Waals surface area contributed by atoms with Crippen molar-refractivity contribution in [1.82, 2.24) is 5.32 Å². The molecule has 1 aliphatic rings. The minimum absolute atomic E-state index is 0.0965. The van der Waals surface area contributed by atoms with Gasteiger partial charge in [0.05, 0.1) is 6.04 Å². The van der Waals surface area contributed by atoms with E-state index >= 15 is 0 Å². The molecule has 2 atom stereocenters. The lowest BCUT2D eigenvalue weighted by Crippen LogP contribution is -2.43. The normalized spacial score (nSPS) is 19.9. The van der Waals surface area contributed by atoms with Gasteiger partial charge in [0.25, 0.3) is 0 Å². The van der Waals surface area contributed by atoms with Crippen LogP contribution in [0.4, 0.5) is 0 Å². The van der Waals surface area contributed by atoms with Gasteiger partial charge in [-0.1, -0.05) is 18.2 Å². The van der Waals surface area contributed by atoms with Crippen LogP contribution in [0.15, 0.2) is 24.3 Å². The highest BCUT2D eigenvalue weighted by molar-refractivity contribution is 5.79. The van der Waals surface area contributed by atoms with Crippen molar-refractivity contribution in [3.63, 3.8) is 0 Å². The monoisotopic (exact) mass is 220 g/mol. The van der Waals surface area contributed by atoms with E-state index in [0.717, 1.165) is 12.2 Å². The summed E-state index contributed by atoms with van der Waals surface area (Å²) >= 11 is 0. The summed E-state index contributed by atoms with van der Waals surface area (Å²) in [7, 11) is 0. The quantitative estimate of drug-likeness (QED) is 0.774. The Balaban J connectivity index is 1.86. The summed E-state index contributed by atoms with van der Waals surface area (Å²) in [6.45, 7) is 2.39. The number of carbonyl (C=O) groups excluding carboxylic acids is 1. The number of benzene rings is 1. The first-order valence-electron chi connectivity index (χ1n) is 5.44. The molecule has 0 radical (unpaired) electrons. The number of rotatable bonds is 4. The highest BCUT2D eigenvalue weighted by atomic mass is 16.5. The zero-order chi connectivity index (χ0) is 11.5. The van der Waals surface area contributed by atoms with Crippen LogP contribution < -0.4 is 15.8 Å². The Labute approximate surface area is 94.8 Å². The topological polar surface area (TPSA) is 64.3 Å². The number of nitrogens with one attached hydrogen (secondary N) is 1. The lowest BCUT2D eigenvalue weighted by molar-refractivity contribution is -0.119. The van der Waals surface area contributed by atoms with Gasteiger partial charge in [-0.3, -0.25) is 4.79 Å². The summed E-state index contributed by atoms with van der Waals surface area (Å²) < 4.78 is 5.72. The Morgan fingerprint density at radius 2 is 2.38 bits per heavy atom. The predicted octanol–water partition coefficient (Wildman–Crippen LogP) is 0.453. The van der Waals surface area contributed by atoms with Crippen LogP contribution in [0, 0.1) is 0 Å². The zero-order valence-electron chi connectivity index (χ0n) is 9.27. The van der Waals surface area contributed by atoms with E-state index < -0.39 is 0 Å². The molecule has 0 spiro atoms. The zero-order valence-corrected chi connectivity index (χ0v) is 9.27. The summed E-state index contributed by atoms with van der Waals surface area (Å²) in [6, 6.07) is 7.68. The Kier molecular flexibility index (Phi) is 3.10. The molecular weight excluding hydrogens is 204 g/mol. The Hall–Kier alpha value is -1.55. The van der Waals surface area contributed by atoms with Crippen LogP contribution in [0.1, 0.15) is 12.5 Å². The summed E-state index contributed by atoms with van der Waals surface area (Å²) in [5, 5.41) is 3.06. The number of hydrogen-bond donors (Lipinski definition) is 2. The van der Waals surface area contributed by atoms with Crippen molar-refractivity contribution >= 4 is 5.91 Å². The van der Waals surface area contributed by atoms with Crippen molar-refractivity contribution in [1.29, 1.82) is 0 Å². The number of para-hydroxylation sites is 1. The van der Waals surface area contributed by atoms with Gasteiger partial charge in [0.2, 0.25) is 5.91 Å². The van der Waals surface area contributed by atoms with E-state index in [2.05, 4.69) is 11.4 Å². The van der Waals surface area contributed by atoms with E-state index in [9.17, 15) is 4.79 Å². The first-order valence-corrected chi connectivity index (χ1v) is 5.44. The summed E-state index contributed by atoms with van der Waals surface area (Å²) in [4.78, 5) is 10.8. The fraction of sp³-hybridized carbons (Fsp3) is 0.417. The van der Waals surface area contributed by atoms with E-state index in [1.54, 1.807) is 6.92 Å². The van der Waals surface area contributed by atoms with Gasteiger partial charge in [-0.05, 0) is 18.6 Å². The molecule has 0 aromatic heterocycles. The average Bonchev–Trinajstić information content (AvgIpc) is 2.68. The second-order valence-electron chi connectivity index (χ2n) is 4.08. The molecule has 4 heteroatoms. The predicted molar refractivity (Wildman–Crippen MR) is 61.2 cm³/mol. The molecule has 1 aliphatic heterocycles. The van der Waals surface area contributed by atoms with Crippen LogP contribution in [-0.2, 0) is 11.2 Å².